The highest BCUT2D eigenvalue weighted by molar-refractivity contribution is 6.17. The van der Waals surface area contributed by atoms with Crippen LogP contribution in [0.1, 0.15) is 18.7 Å². The van der Waals surface area contributed by atoms with Crippen molar-refractivity contribution < 1.29 is 4.79 Å². The third-order valence-electron chi connectivity index (χ3n) is 3.04. The van der Waals surface area contributed by atoms with Crippen molar-refractivity contribution in [3.05, 3.63) is 30.1 Å². The zero-order chi connectivity index (χ0) is 13.7. The van der Waals surface area contributed by atoms with Crippen molar-refractivity contribution in [1.82, 2.24) is 14.9 Å². The van der Waals surface area contributed by atoms with Crippen molar-refractivity contribution >= 4 is 28.5 Å². The number of carbonyl (C=O) groups excluding carboxylic acids is 1. The number of para-hydroxylation sites is 2. The zero-order valence-electron chi connectivity index (χ0n) is 11.0. The first-order valence-corrected chi connectivity index (χ1v) is 7.00. The van der Waals surface area contributed by atoms with Gasteiger partial charge in [-0.25, -0.2) is 4.98 Å². The molecule has 2 rings (SSSR count). The van der Waals surface area contributed by atoms with E-state index < -0.39 is 0 Å². The Labute approximate surface area is 117 Å². The lowest BCUT2D eigenvalue weighted by Gasteiger charge is -2.08. The Kier molecular flexibility index (Phi) is 4.80. The normalized spacial score (nSPS) is 10.8. The van der Waals surface area contributed by atoms with Gasteiger partial charge in [-0.2, -0.15) is 0 Å². The first-order chi connectivity index (χ1) is 9.22. The molecule has 0 bridgehead atoms. The number of hydrogen-bond acceptors (Lipinski definition) is 2. The van der Waals surface area contributed by atoms with Crippen LogP contribution in [-0.2, 0) is 11.3 Å². The maximum atomic E-state index is 11.5. The number of fused-ring (bicyclic) bond motifs is 1. The van der Waals surface area contributed by atoms with E-state index in [0.29, 0.717) is 18.8 Å². The molecule has 1 amide bonds. The largest absolute Gasteiger partial charge is 0.354 e. The average molecular weight is 280 g/mol. The summed E-state index contributed by atoms with van der Waals surface area (Å²) in [6.45, 7) is 3.33. The molecule has 0 fully saturated rings. The van der Waals surface area contributed by atoms with E-state index in [1.165, 1.54) is 0 Å². The number of rotatable bonds is 6. The molecule has 19 heavy (non-hydrogen) atoms. The number of imidazole rings is 1. The summed E-state index contributed by atoms with van der Waals surface area (Å²) in [5.41, 5.74) is 2.10. The number of hydrogen-bond donors (Lipinski definition) is 1. The summed E-state index contributed by atoms with van der Waals surface area (Å²) in [6.07, 6.45) is 1.22. The molecule has 0 aliphatic heterocycles. The second kappa shape index (κ2) is 6.57. The van der Waals surface area contributed by atoms with Crippen molar-refractivity contribution in [2.75, 3.05) is 12.4 Å². The molecule has 0 radical (unpaired) electrons. The van der Waals surface area contributed by atoms with Gasteiger partial charge in [0, 0.05) is 25.4 Å². The quantitative estimate of drug-likeness (QED) is 0.826. The summed E-state index contributed by atoms with van der Waals surface area (Å²) in [7, 11) is 0. The molecule has 0 saturated carbocycles. The van der Waals surface area contributed by atoms with Crippen molar-refractivity contribution in [1.29, 1.82) is 0 Å². The molecule has 102 valence electrons. The van der Waals surface area contributed by atoms with E-state index in [-0.39, 0.29) is 5.91 Å². The molecule has 0 atom stereocenters. The van der Waals surface area contributed by atoms with Crippen molar-refractivity contribution in [2.24, 2.45) is 0 Å². The van der Waals surface area contributed by atoms with Crippen LogP contribution < -0.4 is 5.32 Å². The monoisotopic (exact) mass is 279 g/mol. The fraction of sp³-hybridized carbons (Fsp3) is 0.429. The molecule has 1 heterocycles. The van der Waals surface area contributed by atoms with Crippen molar-refractivity contribution in [3.63, 3.8) is 0 Å². The summed E-state index contributed by atoms with van der Waals surface area (Å²) in [4.78, 5) is 16.0. The molecule has 0 saturated heterocycles. The van der Waals surface area contributed by atoms with Crippen LogP contribution in [0.25, 0.3) is 11.0 Å². The van der Waals surface area contributed by atoms with Crippen LogP contribution >= 0.6 is 11.6 Å². The number of alkyl halides is 1. The van der Waals surface area contributed by atoms with Crippen LogP contribution in [0.15, 0.2) is 24.3 Å². The van der Waals surface area contributed by atoms with Crippen LogP contribution in [0, 0.1) is 6.92 Å². The van der Waals surface area contributed by atoms with Gasteiger partial charge in [0.05, 0.1) is 11.0 Å². The topological polar surface area (TPSA) is 46.9 Å². The molecule has 0 unspecified atom stereocenters. The SMILES string of the molecule is Cc1nc2ccccc2n1CCNC(=O)CCCCl. The minimum Gasteiger partial charge on any atom is -0.354 e. The van der Waals surface area contributed by atoms with Gasteiger partial charge in [0.25, 0.3) is 0 Å². The third-order valence-corrected chi connectivity index (χ3v) is 3.31. The Bertz CT molecular complexity index is 565. The maximum absolute atomic E-state index is 11.5. The molecule has 4 nitrogen and oxygen atoms in total. The van der Waals surface area contributed by atoms with E-state index in [4.69, 9.17) is 11.6 Å². The summed E-state index contributed by atoms with van der Waals surface area (Å²) in [5.74, 6) is 1.55. The number of aryl methyl sites for hydroxylation is 1. The fourth-order valence-corrected chi connectivity index (χ4v) is 2.23. The lowest BCUT2D eigenvalue weighted by atomic mass is 10.3. The van der Waals surface area contributed by atoms with E-state index in [1.807, 2.05) is 31.2 Å². The molecule has 2 aromatic rings. The number of carbonyl (C=O) groups is 1. The highest BCUT2D eigenvalue weighted by Gasteiger charge is 2.06. The van der Waals surface area contributed by atoms with E-state index in [1.54, 1.807) is 0 Å². The predicted octanol–water partition coefficient (Wildman–Crippen LogP) is 2.48. The maximum Gasteiger partial charge on any atom is 0.220 e. The Morgan fingerprint density at radius 2 is 2.21 bits per heavy atom. The lowest BCUT2D eigenvalue weighted by Crippen LogP contribution is -2.27. The number of halogens is 1. The number of aromatic nitrogens is 2. The van der Waals surface area contributed by atoms with Crippen molar-refractivity contribution in [2.45, 2.75) is 26.3 Å². The van der Waals surface area contributed by atoms with Crippen molar-refractivity contribution in [3.8, 4) is 0 Å². The molecule has 5 heteroatoms. The molecular weight excluding hydrogens is 262 g/mol. The number of nitrogens with zero attached hydrogens (tertiary/aromatic N) is 2. The molecule has 1 N–H and O–H groups in total. The van der Waals surface area contributed by atoms with Crippen LogP contribution in [0.4, 0.5) is 0 Å². The highest BCUT2D eigenvalue weighted by atomic mass is 35.5. The minimum absolute atomic E-state index is 0.0581. The number of benzene rings is 1. The fourth-order valence-electron chi connectivity index (χ4n) is 2.10. The number of nitrogens with one attached hydrogen (secondary N) is 1. The van der Waals surface area contributed by atoms with Crippen LogP contribution in [0.5, 0.6) is 0 Å². The summed E-state index contributed by atoms with van der Waals surface area (Å²) >= 11 is 5.55. The van der Waals surface area contributed by atoms with Gasteiger partial charge >= 0.3 is 0 Å². The van der Waals surface area contributed by atoms with Crippen LogP contribution in [0.3, 0.4) is 0 Å². The Hall–Kier alpha value is -1.55. The van der Waals surface area contributed by atoms with E-state index in [0.717, 1.165) is 29.8 Å². The van der Waals surface area contributed by atoms with Gasteiger partial charge in [0.1, 0.15) is 5.82 Å². The smallest absolute Gasteiger partial charge is 0.220 e. The molecular formula is C14H18ClN3O. The Morgan fingerprint density at radius 3 is 3.00 bits per heavy atom. The van der Waals surface area contributed by atoms with Gasteiger partial charge in [-0.15, -0.1) is 11.6 Å². The standard InChI is InChI=1S/C14H18ClN3O/c1-11-17-12-5-2-3-6-13(12)18(11)10-9-16-14(19)7-4-8-15/h2-3,5-6H,4,7-10H2,1H3,(H,16,19). The minimum atomic E-state index is 0.0581. The van der Waals surface area contributed by atoms with Gasteiger partial charge < -0.3 is 9.88 Å². The lowest BCUT2D eigenvalue weighted by molar-refractivity contribution is -0.121. The highest BCUT2D eigenvalue weighted by Crippen LogP contribution is 2.14. The molecule has 1 aromatic heterocycles. The second-order valence-electron chi connectivity index (χ2n) is 4.44. The van der Waals surface area contributed by atoms with Gasteiger partial charge in [0.15, 0.2) is 0 Å². The van der Waals surface area contributed by atoms with Gasteiger partial charge in [-0.1, -0.05) is 12.1 Å². The Balaban J connectivity index is 1.94. The summed E-state index contributed by atoms with van der Waals surface area (Å²) < 4.78 is 2.12. The molecule has 0 spiro atoms. The first-order valence-electron chi connectivity index (χ1n) is 6.47. The second-order valence-corrected chi connectivity index (χ2v) is 4.82. The summed E-state index contributed by atoms with van der Waals surface area (Å²) in [6, 6.07) is 8.02. The predicted molar refractivity (Wildman–Crippen MR) is 77.4 cm³/mol. The summed E-state index contributed by atoms with van der Waals surface area (Å²) in [5, 5.41) is 2.90. The third kappa shape index (κ3) is 3.47. The van der Waals surface area contributed by atoms with Crippen LogP contribution in [-0.4, -0.2) is 27.9 Å². The van der Waals surface area contributed by atoms with Gasteiger partial charge in [-0.05, 0) is 25.5 Å². The number of amides is 1. The van der Waals surface area contributed by atoms with E-state index >= 15 is 0 Å². The zero-order valence-corrected chi connectivity index (χ0v) is 11.8. The van der Waals surface area contributed by atoms with E-state index in [9.17, 15) is 4.79 Å². The molecule has 0 aliphatic rings. The Morgan fingerprint density at radius 1 is 1.42 bits per heavy atom. The van der Waals surface area contributed by atoms with Crippen LogP contribution in [0.2, 0.25) is 0 Å². The average Bonchev–Trinajstić information content (AvgIpc) is 2.73. The van der Waals surface area contributed by atoms with Gasteiger partial charge in [-0.3, -0.25) is 4.79 Å². The molecule has 1 aromatic carbocycles. The van der Waals surface area contributed by atoms with Gasteiger partial charge in [0.2, 0.25) is 5.91 Å². The van der Waals surface area contributed by atoms with E-state index in [2.05, 4.69) is 14.9 Å². The first kappa shape index (κ1) is 13.9. The molecule has 0 aliphatic carbocycles.